The van der Waals surface area contributed by atoms with Gasteiger partial charge in [-0.2, -0.15) is 0 Å². The summed E-state index contributed by atoms with van der Waals surface area (Å²) in [5.74, 6) is -0.473. The van der Waals surface area contributed by atoms with E-state index in [9.17, 15) is 14.0 Å². The second kappa shape index (κ2) is 7.36. The van der Waals surface area contributed by atoms with Crippen molar-refractivity contribution in [3.63, 3.8) is 0 Å². The van der Waals surface area contributed by atoms with Crippen molar-refractivity contribution in [2.24, 2.45) is 0 Å². The van der Waals surface area contributed by atoms with E-state index in [0.29, 0.717) is 44.7 Å². The molecule has 3 aromatic carbocycles. The van der Waals surface area contributed by atoms with Gasteiger partial charge in [0.15, 0.2) is 5.58 Å². The monoisotopic (exact) mass is 416 g/mol. The van der Waals surface area contributed by atoms with E-state index in [0.717, 1.165) is 0 Å². The first-order valence-corrected chi connectivity index (χ1v) is 9.78. The van der Waals surface area contributed by atoms with Gasteiger partial charge in [0, 0.05) is 11.1 Å². The summed E-state index contributed by atoms with van der Waals surface area (Å²) in [7, 11) is 0. The van der Waals surface area contributed by atoms with Crippen LogP contribution in [0.15, 0.2) is 65.2 Å². The standard InChI is InChI=1S/C24H17FN2O4/c1-14-20(30-13-12-27-23(28)15-6-2-3-7-16(15)24(27)29)11-10-18-21(26-31-22(14)18)17-8-4-5-9-19(17)25/h2-11H,12-13H2,1H3. The summed E-state index contributed by atoms with van der Waals surface area (Å²) in [4.78, 5) is 26.1. The summed E-state index contributed by atoms with van der Waals surface area (Å²) in [5, 5.41) is 4.72. The molecule has 2 amide bonds. The second-order valence-corrected chi connectivity index (χ2v) is 7.23. The number of carbonyl (C=O) groups is 2. The Morgan fingerprint density at radius 1 is 0.935 bits per heavy atom. The van der Waals surface area contributed by atoms with Crippen molar-refractivity contribution in [1.82, 2.24) is 10.1 Å². The first kappa shape index (κ1) is 19.0. The molecule has 1 aliphatic rings. The molecule has 1 aliphatic heterocycles. The van der Waals surface area contributed by atoms with Gasteiger partial charge >= 0.3 is 0 Å². The fourth-order valence-corrected chi connectivity index (χ4v) is 3.81. The van der Waals surface area contributed by atoms with Crippen LogP contribution in [-0.2, 0) is 0 Å². The Hall–Kier alpha value is -4.00. The number of fused-ring (bicyclic) bond motifs is 2. The lowest BCUT2D eigenvalue weighted by atomic mass is 10.1. The number of benzene rings is 3. The predicted octanol–water partition coefficient (Wildman–Crippen LogP) is 4.62. The second-order valence-electron chi connectivity index (χ2n) is 7.23. The number of rotatable bonds is 5. The van der Waals surface area contributed by atoms with Gasteiger partial charge in [-0.15, -0.1) is 0 Å². The molecule has 0 bridgehead atoms. The normalized spacial score (nSPS) is 13.2. The first-order valence-electron chi connectivity index (χ1n) is 9.78. The minimum atomic E-state index is -0.378. The van der Waals surface area contributed by atoms with E-state index in [1.54, 1.807) is 54.6 Å². The number of amides is 2. The Bertz CT molecular complexity index is 1310. The number of nitrogens with zero attached hydrogens (tertiary/aromatic N) is 2. The molecule has 0 fully saturated rings. The van der Waals surface area contributed by atoms with Gasteiger partial charge in [-0.3, -0.25) is 14.5 Å². The van der Waals surface area contributed by atoms with Crippen LogP contribution in [0.4, 0.5) is 4.39 Å². The van der Waals surface area contributed by atoms with E-state index < -0.39 is 0 Å². The maximum absolute atomic E-state index is 14.2. The number of imide groups is 1. The minimum absolute atomic E-state index is 0.126. The molecule has 6 nitrogen and oxygen atoms in total. The van der Waals surface area contributed by atoms with E-state index in [2.05, 4.69) is 5.16 Å². The summed E-state index contributed by atoms with van der Waals surface area (Å²) in [5.41, 5.74) is 2.81. The highest BCUT2D eigenvalue weighted by Gasteiger charge is 2.34. The predicted molar refractivity (Wildman–Crippen MR) is 111 cm³/mol. The van der Waals surface area contributed by atoms with Crippen LogP contribution in [-0.4, -0.2) is 35.0 Å². The Morgan fingerprint density at radius 3 is 2.26 bits per heavy atom. The average Bonchev–Trinajstić information content (AvgIpc) is 3.31. The number of hydrogen-bond donors (Lipinski definition) is 0. The maximum atomic E-state index is 14.2. The van der Waals surface area contributed by atoms with Crippen molar-refractivity contribution < 1.29 is 23.2 Å². The number of aromatic nitrogens is 1. The van der Waals surface area contributed by atoms with Crippen LogP contribution in [0.25, 0.3) is 22.2 Å². The van der Waals surface area contributed by atoms with Gasteiger partial charge in [0.25, 0.3) is 11.8 Å². The van der Waals surface area contributed by atoms with Crippen LogP contribution in [0.5, 0.6) is 5.75 Å². The van der Waals surface area contributed by atoms with Gasteiger partial charge in [0.1, 0.15) is 23.9 Å². The molecule has 0 saturated heterocycles. The molecule has 0 spiro atoms. The average molecular weight is 416 g/mol. The summed E-state index contributed by atoms with van der Waals surface area (Å²) in [6, 6.07) is 16.6. The van der Waals surface area contributed by atoms with Crippen LogP contribution in [0.3, 0.4) is 0 Å². The third-order valence-corrected chi connectivity index (χ3v) is 5.42. The van der Waals surface area contributed by atoms with Crippen LogP contribution >= 0.6 is 0 Å². The molecule has 7 heteroatoms. The van der Waals surface area contributed by atoms with E-state index in [1.165, 1.54) is 11.0 Å². The fraction of sp³-hybridized carbons (Fsp3) is 0.125. The van der Waals surface area contributed by atoms with Crippen LogP contribution in [0.1, 0.15) is 26.3 Å². The Morgan fingerprint density at radius 2 is 1.58 bits per heavy atom. The van der Waals surface area contributed by atoms with Crippen LogP contribution in [0.2, 0.25) is 0 Å². The number of ether oxygens (including phenoxy) is 1. The third-order valence-electron chi connectivity index (χ3n) is 5.42. The lowest BCUT2D eigenvalue weighted by Gasteiger charge is -2.15. The Kier molecular flexibility index (Phi) is 4.51. The van der Waals surface area contributed by atoms with Crippen molar-refractivity contribution in [1.29, 1.82) is 0 Å². The topological polar surface area (TPSA) is 72.6 Å². The number of hydrogen-bond acceptors (Lipinski definition) is 5. The summed E-state index contributed by atoms with van der Waals surface area (Å²) < 4.78 is 25.5. The zero-order chi connectivity index (χ0) is 21.5. The molecular formula is C24H17FN2O4. The Labute approximate surface area is 176 Å². The molecule has 0 saturated carbocycles. The molecule has 31 heavy (non-hydrogen) atoms. The molecule has 154 valence electrons. The van der Waals surface area contributed by atoms with E-state index in [-0.39, 0.29) is 30.8 Å². The SMILES string of the molecule is Cc1c(OCCN2C(=O)c3ccccc3C2=O)ccc2c(-c3ccccc3F)noc12. The van der Waals surface area contributed by atoms with E-state index in [1.807, 2.05) is 6.92 Å². The fourth-order valence-electron chi connectivity index (χ4n) is 3.81. The van der Waals surface area contributed by atoms with Gasteiger partial charge in [-0.25, -0.2) is 4.39 Å². The molecule has 0 radical (unpaired) electrons. The summed E-state index contributed by atoms with van der Waals surface area (Å²) in [6.45, 7) is 2.07. The van der Waals surface area contributed by atoms with Gasteiger partial charge in [-0.05, 0) is 43.3 Å². The van der Waals surface area contributed by atoms with Gasteiger partial charge in [0.05, 0.1) is 23.1 Å². The van der Waals surface area contributed by atoms with Crippen LogP contribution < -0.4 is 4.74 Å². The quantitative estimate of drug-likeness (QED) is 0.444. The van der Waals surface area contributed by atoms with Crippen molar-refractivity contribution in [2.45, 2.75) is 6.92 Å². The van der Waals surface area contributed by atoms with E-state index in [4.69, 9.17) is 9.26 Å². The van der Waals surface area contributed by atoms with Gasteiger partial charge < -0.3 is 9.26 Å². The molecule has 2 heterocycles. The van der Waals surface area contributed by atoms with Crippen molar-refractivity contribution in [3.8, 4) is 17.0 Å². The third kappa shape index (κ3) is 3.06. The molecule has 4 aromatic rings. The number of aryl methyl sites for hydroxylation is 1. The number of halogens is 1. The summed E-state index contributed by atoms with van der Waals surface area (Å²) in [6.07, 6.45) is 0. The van der Waals surface area contributed by atoms with Gasteiger partial charge in [-0.1, -0.05) is 29.4 Å². The number of carbonyl (C=O) groups excluding carboxylic acids is 2. The Balaban J connectivity index is 1.34. The van der Waals surface area contributed by atoms with Crippen LogP contribution in [0, 0.1) is 12.7 Å². The highest BCUT2D eigenvalue weighted by molar-refractivity contribution is 6.21. The minimum Gasteiger partial charge on any atom is -0.491 e. The molecule has 5 rings (SSSR count). The zero-order valence-corrected chi connectivity index (χ0v) is 16.6. The smallest absolute Gasteiger partial charge is 0.261 e. The van der Waals surface area contributed by atoms with Gasteiger partial charge in [0.2, 0.25) is 0 Å². The van der Waals surface area contributed by atoms with Crippen molar-refractivity contribution in [2.75, 3.05) is 13.2 Å². The molecular weight excluding hydrogens is 399 g/mol. The largest absolute Gasteiger partial charge is 0.491 e. The lowest BCUT2D eigenvalue weighted by molar-refractivity contribution is 0.0631. The molecule has 0 unspecified atom stereocenters. The molecule has 0 atom stereocenters. The summed E-state index contributed by atoms with van der Waals surface area (Å²) >= 11 is 0. The van der Waals surface area contributed by atoms with Crippen molar-refractivity contribution in [3.05, 3.63) is 83.2 Å². The highest BCUT2D eigenvalue weighted by Crippen LogP contribution is 2.35. The zero-order valence-electron chi connectivity index (χ0n) is 16.6. The highest BCUT2D eigenvalue weighted by atomic mass is 19.1. The maximum Gasteiger partial charge on any atom is 0.261 e. The lowest BCUT2D eigenvalue weighted by Crippen LogP contribution is -2.33. The molecule has 0 N–H and O–H groups in total. The van der Waals surface area contributed by atoms with E-state index >= 15 is 0 Å². The molecule has 0 aliphatic carbocycles. The van der Waals surface area contributed by atoms with Crippen molar-refractivity contribution >= 4 is 22.8 Å². The molecule has 1 aromatic heterocycles. The first-order chi connectivity index (χ1) is 15.1.